The summed E-state index contributed by atoms with van der Waals surface area (Å²) in [4.78, 5) is 2.66. The van der Waals surface area contributed by atoms with Crippen LogP contribution in [0.1, 0.15) is 73.1 Å². The largest absolute Gasteiger partial charge is 0.312 e. The van der Waals surface area contributed by atoms with Gasteiger partial charge in [0.25, 0.3) is 0 Å². The quantitative estimate of drug-likeness (QED) is 0.608. The summed E-state index contributed by atoms with van der Waals surface area (Å²) in [6, 6.07) is 0.651. The minimum atomic E-state index is 0.313. The Morgan fingerprint density at radius 3 is 2.21 bits per heavy atom. The fourth-order valence-corrected chi connectivity index (χ4v) is 3.40. The molecule has 1 rings (SSSR count). The molecule has 0 aliphatic heterocycles. The average Bonchev–Trinajstić information content (AvgIpc) is 3.24. The van der Waals surface area contributed by atoms with E-state index in [0.717, 1.165) is 25.6 Å². The van der Waals surface area contributed by atoms with E-state index < -0.39 is 0 Å². The first-order valence-corrected chi connectivity index (χ1v) is 8.60. The van der Waals surface area contributed by atoms with Gasteiger partial charge in [0.15, 0.2) is 0 Å². The second kappa shape index (κ2) is 8.26. The lowest BCUT2D eigenvalue weighted by molar-refractivity contribution is 0.0653. The maximum Gasteiger partial charge on any atom is 0.0331 e. The second-order valence-electron chi connectivity index (χ2n) is 6.41. The number of likely N-dealkylation sites (N-methyl/N-ethyl adjacent to an activating group) is 1. The molecule has 114 valence electrons. The second-order valence-corrected chi connectivity index (χ2v) is 6.41. The van der Waals surface area contributed by atoms with Gasteiger partial charge in [-0.15, -0.1) is 0 Å². The predicted molar refractivity (Wildman–Crippen MR) is 85.7 cm³/mol. The van der Waals surface area contributed by atoms with Gasteiger partial charge in [-0.25, -0.2) is 0 Å². The molecule has 1 N–H and O–H groups in total. The van der Waals surface area contributed by atoms with Gasteiger partial charge in [0.2, 0.25) is 0 Å². The van der Waals surface area contributed by atoms with E-state index >= 15 is 0 Å². The molecule has 2 heteroatoms. The smallest absolute Gasteiger partial charge is 0.0331 e. The lowest BCUT2D eigenvalue weighted by Crippen LogP contribution is -2.59. The third-order valence-corrected chi connectivity index (χ3v) is 5.15. The van der Waals surface area contributed by atoms with Crippen LogP contribution in [0.5, 0.6) is 0 Å². The highest BCUT2D eigenvalue weighted by molar-refractivity contribution is 4.96. The molecule has 0 radical (unpaired) electrons. The van der Waals surface area contributed by atoms with Crippen molar-refractivity contribution < 1.29 is 0 Å². The molecule has 0 aromatic heterocycles. The number of rotatable bonds is 11. The van der Waals surface area contributed by atoms with Gasteiger partial charge in [-0.3, -0.25) is 4.90 Å². The summed E-state index contributed by atoms with van der Waals surface area (Å²) in [5.41, 5.74) is 0.313. The topological polar surface area (TPSA) is 15.3 Å². The lowest BCUT2D eigenvalue weighted by atomic mass is 9.83. The third kappa shape index (κ3) is 4.75. The molecule has 0 bridgehead atoms. The van der Waals surface area contributed by atoms with Gasteiger partial charge < -0.3 is 5.32 Å². The van der Waals surface area contributed by atoms with E-state index in [1.165, 1.54) is 38.5 Å². The summed E-state index contributed by atoms with van der Waals surface area (Å²) < 4.78 is 0. The van der Waals surface area contributed by atoms with Crippen LogP contribution in [0.25, 0.3) is 0 Å². The molecule has 0 saturated heterocycles. The first-order chi connectivity index (χ1) is 9.12. The number of hydrogen-bond donors (Lipinski definition) is 1. The Kier molecular flexibility index (Phi) is 7.38. The molecular formula is C17H36N2. The Morgan fingerprint density at radius 1 is 1.16 bits per heavy atom. The number of nitrogens with zero attached hydrogens (tertiary/aromatic N) is 1. The summed E-state index contributed by atoms with van der Waals surface area (Å²) in [5, 5.41) is 3.85. The minimum Gasteiger partial charge on any atom is -0.312 e. The van der Waals surface area contributed by atoms with Crippen molar-refractivity contribution in [1.29, 1.82) is 0 Å². The van der Waals surface area contributed by atoms with Crippen molar-refractivity contribution in [3.8, 4) is 0 Å². The maximum atomic E-state index is 3.85. The van der Waals surface area contributed by atoms with Crippen LogP contribution in [-0.4, -0.2) is 36.1 Å². The van der Waals surface area contributed by atoms with E-state index in [9.17, 15) is 0 Å². The van der Waals surface area contributed by atoms with Crippen LogP contribution in [0, 0.1) is 5.92 Å². The monoisotopic (exact) mass is 268 g/mol. The summed E-state index contributed by atoms with van der Waals surface area (Å²) in [6.07, 6.45) is 8.21. The van der Waals surface area contributed by atoms with Gasteiger partial charge in [-0.05, 0) is 58.2 Å². The van der Waals surface area contributed by atoms with Gasteiger partial charge in [0.1, 0.15) is 0 Å². The van der Waals surface area contributed by atoms with Crippen LogP contribution in [-0.2, 0) is 0 Å². The van der Waals surface area contributed by atoms with E-state index in [4.69, 9.17) is 0 Å². The van der Waals surface area contributed by atoms with Gasteiger partial charge in [0, 0.05) is 11.6 Å². The number of nitrogens with one attached hydrogen (secondary N) is 1. The molecule has 1 aliphatic rings. The minimum absolute atomic E-state index is 0.313. The average molecular weight is 268 g/mol. The molecule has 2 nitrogen and oxygen atoms in total. The highest BCUT2D eigenvalue weighted by Gasteiger charge is 2.37. The fraction of sp³-hybridized carbons (Fsp3) is 1.00. The molecule has 2 atom stereocenters. The molecule has 1 aliphatic carbocycles. The van der Waals surface area contributed by atoms with Gasteiger partial charge in [0.05, 0.1) is 0 Å². The van der Waals surface area contributed by atoms with Gasteiger partial charge >= 0.3 is 0 Å². The molecule has 0 spiro atoms. The molecule has 0 heterocycles. The Balaban J connectivity index is 2.69. The molecule has 19 heavy (non-hydrogen) atoms. The zero-order valence-corrected chi connectivity index (χ0v) is 14.0. The molecular weight excluding hydrogens is 232 g/mol. The third-order valence-electron chi connectivity index (χ3n) is 5.15. The van der Waals surface area contributed by atoms with Crippen molar-refractivity contribution in [2.45, 2.75) is 84.7 Å². The van der Waals surface area contributed by atoms with Crippen LogP contribution < -0.4 is 5.32 Å². The van der Waals surface area contributed by atoms with Gasteiger partial charge in [-0.1, -0.05) is 40.5 Å². The van der Waals surface area contributed by atoms with Crippen molar-refractivity contribution >= 4 is 0 Å². The summed E-state index contributed by atoms with van der Waals surface area (Å²) >= 11 is 0. The Hall–Kier alpha value is -0.0800. The molecule has 1 fully saturated rings. The first kappa shape index (κ1) is 17.0. The van der Waals surface area contributed by atoms with E-state index in [0.29, 0.717) is 11.6 Å². The standard InChI is InChI=1S/C17H36N2/c1-6-14-18-16(13-12-15-10-11-15)17(5,7-2)19(8-3)9-4/h15-16,18H,6-14H2,1-5H3. The SMILES string of the molecule is CCCNC(CCC1CC1)C(C)(CC)N(CC)CC. The molecule has 2 unspecified atom stereocenters. The Morgan fingerprint density at radius 2 is 1.79 bits per heavy atom. The Bertz CT molecular complexity index is 233. The summed E-state index contributed by atoms with van der Waals surface area (Å²) in [7, 11) is 0. The molecule has 0 amide bonds. The van der Waals surface area contributed by atoms with Gasteiger partial charge in [-0.2, -0.15) is 0 Å². The normalized spacial score (nSPS) is 20.5. The van der Waals surface area contributed by atoms with Crippen molar-refractivity contribution in [3.63, 3.8) is 0 Å². The highest BCUT2D eigenvalue weighted by atomic mass is 15.2. The fourth-order valence-electron chi connectivity index (χ4n) is 3.40. The van der Waals surface area contributed by atoms with E-state index in [2.05, 4.69) is 44.8 Å². The van der Waals surface area contributed by atoms with E-state index in [1.807, 2.05) is 0 Å². The Labute approximate surface area is 121 Å². The zero-order chi connectivity index (χ0) is 14.3. The van der Waals surface area contributed by atoms with Crippen LogP contribution >= 0.6 is 0 Å². The van der Waals surface area contributed by atoms with E-state index in [-0.39, 0.29) is 0 Å². The predicted octanol–water partition coefficient (Wildman–Crippen LogP) is 4.06. The van der Waals surface area contributed by atoms with Crippen molar-refractivity contribution in [2.24, 2.45) is 5.92 Å². The number of hydrogen-bond acceptors (Lipinski definition) is 2. The first-order valence-electron chi connectivity index (χ1n) is 8.60. The molecule has 0 aromatic rings. The van der Waals surface area contributed by atoms with E-state index in [1.54, 1.807) is 0 Å². The van der Waals surface area contributed by atoms with Crippen LogP contribution in [0.15, 0.2) is 0 Å². The highest BCUT2D eigenvalue weighted by Crippen LogP contribution is 2.36. The van der Waals surface area contributed by atoms with Crippen LogP contribution in [0.3, 0.4) is 0 Å². The summed E-state index contributed by atoms with van der Waals surface area (Å²) in [5.74, 6) is 1.05. The maximum absolute atomic E-state index is 3.85. The lowest BCUT2D eigenvalue weighted by Gasteiger charge is -2.46. The van der Waals surface area contributed by atoms with Crippen molar-refractivity contribution in [1.82, 2.24) is 10.2 Å². The van der Waals surface area contributed by atoms with Crippen LogP contribution in [0.4, 0.5) is 0 Å². The molecule has 1 saturated carbocycles. The van der Waals surface area contributed by atoms with Crippen LogP contribution in [0.2, 0.25) is 0 Å². The molecule has 0 aromatic carbocycles. The zero-order valence-electron chi connectivity index (χ0n) is 14.0. The van der Waals surface area contributed by atoms with Crippen molar-refractivity contribution in [3.05, 3.63) is 0 Å². The van der Waals surface area contributed by atoms with Crippen molar-refractivity contribution in [2.75, 3.05) is 19.6 Å². The summed E-state index contributed by atoms with van der Waals surface area (Å²) in [6.45, 7) is 15.2.